The van der Waals surface area contributed by atoms with Gasteiger partial charge in [0.05, 0.1) is 5.69 Å². The zero-order valence-corrected chi connectivity index (χ0v) is 14.3. The Kier molecular flexibility index (Phi) is 3.73. The highest BCUT2D eigenvalue weighted by atomic mass is 32.1. The molecule has 0 aliphatic heterocycles. The van der Waals surface area contributed by atoms with Gasteiger partial charge < -0.3 is 5.32 Å². The highest BCUT2D eigenvalue weighted by Crippen LogP contribution is 2.44. The zero-order valence-electron chi connectivity index (χ0n) is 12.6. The Morgan fingerprint density at radius 3 is 2.60 bits per heavy atom. The molecule has 0 spiro atoms. The van der Waals surface area contributed by atoms with E-state index in [1.165, 1.54) is 39.5 Å². The molecule has 0 bridgehead atoms. The van der Waals surface area contributed by atoms with Gasteiger partial charge in [-0.25, -0.2) is 4.98 Å². The van der Waals surface area contributed by atoms with E-state index in [2.05, 4.69) is 43.8 Å². The molecule has 1 saturated carbocycles. The molecule has 4 heteroatoms. The number of aryl methyl sites for hydroxylation is 1. The van der Waals surface area contributed by atoms with Crippen LogP contribution in [0.15, 0.2) is 10.8 Å². The first-order valence-electron chi connectivity index (χ1n) is 7.22. The van der Waals surface area contributed by atoms with Gasteiger partial charge in [-0.3, -0.25) is 0 Å². The van der Waals surface area contributed by atoms with E-state index in [0.717, 1.165) is 12.5 Å². The summed E-state index contributed by atoms with van der Waals surface area (Å²) in [5.41, 5.74) is 4.18. The van der Waals surface area contributed by atoms with Crippen LogP contribution in [0, 0.1) is 6.92 Å². The van der Waals surface area contributed by atoms with Gasteiger partial charge in [-0.15, -0.1) is 11.3 Å². The van der Waals surface area contributed by atoms with E-state index in [-0.39, 0.29) is 5.54 Å². The quantitative estimate of drug-likeness (QED) is 0.865. The Labute approximate surface area is 129 Å². The molecule has 2 heterocycles. The van der Waals surface area contributed by atoms with Crippen LogP contribution in [0.2, 0.25) is 0 Å². The third-order valence-corrected chi connectivity index (χ3v) is 5.52. The minimum absolute atomic E-state index is 0.156. The molecule has 0 saturated heterocycles. The molecule has 2 aromatic heterocycles. The number of hydrogen-bond donors (Lipinski definition) is 1. The largest absolute Gasteiger partial charge is 0.307 e. The number of nitrogens with one attached hydrogen (secondary N) is 1. The van der Waals surface area contributed by atoms with Gasteiger partial charge in [-0.05, 0) is 51.5 Å². The molecule has 108 valence electrons. The molecule has 1 fully saturated rings. The predicted octanol–water partition coefficient (Wildman–Crippen LogP) is 4.95. The summed E-state index contributed by atoms with van der Waals surface area (Å²) < 4.78 is 0. The fourth-order valence-corrected chi connectivity index (χ4v) is 4.28. The highest BCUT2D eigenvalue weighted by Gasteiger charge is 2.30. The Morgan fingerprint density at radius 1 is 1.30 bits per heavy atom. The molecule has 0 aromatic carbocycles. The third-order valence-electron chi connectivity index (χ3n) is 3.56. The normalized spacial score (nSPS) is 15.8. The zero-order chi connectivity index (χ0) is 14.3. The standard InChI is InChI=1S/C16H22N2S2/c1-10-8-19-9-12(10)15-18-14(11-5-6-11)13(20-15)7-17-16(2,3)4/h8-9,11,17H,5-7H2,1-4H3. The first-order valence-corrected chi connectivity index (χ1v) is 8.98. The minimum atomic E-state index is 0.156. The monoisotopic (exact) mass is 306 g/mol. The van der Waals surface area contributed by atoms with Gasteiger partial charge in [0, 0.05) is 33.8 Å². The third kappa shape index (κ3) is 3.13. The van der Waals surface area contributed by atoms with Crippen LogP contribution in [0.5, 0.6) is 0 Å². The van der Waals surface area contributed by atoms with Crippen molar-refractivity contribution in [2.75, 3.05) is 0 Å². The van der Waals surface area contributed by atoms with Gasteiger partial charge in [0.15, 0.2) is 0 Å². The van der Waals surface area contributed by atoms with Gasteiger partial charge in [0.25, 0.3) is 0 Å². The molecule has 0 unspecified atom stereocenters. The van der Waals surface area contributed by atoms with Crippen LogP contribution in [0.25, 0.3) is 10.6 Å². The van der Waals surface area contributed by atoms with Crippen LogP contribution in [-0.2, 0) is 6.54 Å². The van der Waals surface area contributed by atoms with Crippen molar-refractivity contribution in [2.24, 2.45) is 0 Å². The summed E-state index contributed by atoms with van der Waals surface area (Å²) >= 11 is 3.64. The van der Waals surface area contributed by atoms with Crippen LogP contribution >= 0.6 is 22.7 Å². The van der Waals surface area contributed by atoms with Crippen molar-refractivity contribution in [3.63, 3.8) is 0 Å². The van der Waals surface area contributed by atoms with Gasteiger partial charge in [-0.1, -0.05) is 0 Å². The van der Waals surface area contributed by atoms with Crippen LogP contribution in [0.4, 0.5) is 0 Å². The first kappa shape index (κ1) is 14.2. The second-order valence-corrected chi connectivity index (χ2v) is 8.50. The van der Waals surface area contributed by atoms with Crippen molar-refractivity contribution in [3.8, 4) is 10.6 Å². The smallest absolute Gasteiger partial charge is 0.125 e. The maximum atomic E-state index is 4.96. The lowest BCUT2D eigenvalue weighted by molar-refractivity contribution is 0.425. The van der Waals surface area contributed by atoms with Crippen molar-refractivity contribution in [1.82, 2.24) is 10.3 Å². The molecular formula is C16H22N2S2. The second kappa shape index (κ2) is 5.24. The van der Waals surface area contributed by atoms with E-state index in [9.17, 15) is 0 Å². The van der Waals surface area contributed by atoms with Crippen LogP contribution < -0.4 is 5.32 Å². The topological polar surface area (TPSA) is 24.9 Å². The lowest BCUT2D eigenvalue weighted by atomic mass is 10.1. The van der Waals surface area contributed by atoms with Crippen molar-refractivity contribution in [1.29, 1.82) is 0 Å². The van der Waals surface area contributed by atoms with E-state index in [1.807, 2.05) is 11.3 Å². The molecule has 0 amide bonds. The summed E-state index contributed by atoms with van der Waals surface area (Å²) in [5, 5.41) is 9.25. The molecule has 2 nitrogen and oxygen atoms in total. The molecule has 3 rings (SSSR count). The van der Waals surface area contributed by atoms with E-state index in [1.54, 1.807) is 11.3 Å². The maximum absolute atomic E-state index is 4.96. The minimum Gasteiger partial charge on any atom is -0.307 e. The lowest BCUT2D eigenvalue weighted by Crippen LogP contribution is -2.35. The van der Waals surface area contributed by atoms with Gasteiger partial charge in [0.1, 0.15) is 5.01 Å². The summed E-state index contributed by atoms with van der Waals surface area (Å²) in [7, 11) is 0. The summed E-state index contributed by atoms with van der Waals surface area (Å²) in [5.74, 6) is 0.718. The predicted molar refractivity (Wildman–Crippen MR) is 88.7 cm³/mol. The van der Waals surface area contributed by atoms with Gasteiger partial charge >= 0.3 is 0 Å². The average molecular weight is 306 g/mol. The van der Waals surface area contributed by atoms with Gasteiger partial charge in [-0.2, -0.15) is 11.3 Å². The number of thiophene rings is 1. The number of hydrogen-bond acceptors (Lipinski definition) is 4. The molecule has 1 aliphatic rings. The Morgan fingerprint density at radius 2 is 2.05 bits per heavy atom. The molecule has 20 heavy (non-hydrogen) atoms. The van der Waals surface area contributed by atoms with Crippen molar-refractivity contribution in [3.05, 3.63) is 26.9 Å². The SMILES string of the molecule is Cc1cscc1-c1nc(C2CC2)c(CNC(C)(C)C)s1. The van der Waals surface area contributed by atoms with Crippen molar-refractivity contribution in [2.45, 2.75) is 58.5 Å². The van der Waals surface area contributed by atoms with Gasteiger partial charge in [0.2, 0.25) is 0 Å². The number of aromatic nitrogens is 1. The van der Waals surface area contributed by atoms with Crippen LogP contribution in [0.3, 0.4) is 0 Å². The lowest BCUT2D eigenvalue weighted by Gasteiger charge is -2.20. The fraction of sp³-hybridized carbons (Fsp3) is 0.562. The molecule has 2 aromatic rings. The summed E-state index contributed by atoms with van der Waals surface area (Å²) in [6, 6.07) is 0. The van der Waals surface area contributed by atoms with E-state index >= 15 is 0 Å². The summed E-state index contributed by atoms with van der Waals surface area (Å²) in [4.78, 5) is 6.39. The Balaban J connectivity index is 1.89. The number of thiazole rings is 1. The summed E-state index contributed by atoms with van der Waals surface area (Å²) in [6.45, 7) is 9.77. The molecular weight excluding hydrogens is 284 g/mol. The van der Waals surface area contributed by atoms with E-state index in [4.69, 9.17) is 4.98 Å². The fourth-order valence-electron chi connectivity index (χ4n) is 2.21. The maximum Gasteiger partial charge on any atom is 0.125 e. The Bertz CT molecular complexity index is 600. The average Bonchev–Trinajstić information content (AvgIpc) is 2.98. The van der Waals surface area contributed by atoms with Crippen LogP contribution in [-0.4, -0.2) is 10.5 Å². The highest BCUT2D eigenvalue weighted by molar-refractivity contribution is 7.15. The molecule has 1 aliphatic carbocycles. The number of nitrogens with zero attached hydrogens (tertiary/aromatic N) is 1. The molecule has 0 atom stereocenters. The first-order chi connectivity index (χ1) is 9.44. The van der Waals surface area contributed by atoms with E-state index in [0.29, 0.717) is 0 Å². The Hall–Kier alpha value is -0.710. The van der Waals surface area contributed by atoms with Crippen molar-refractivity contribution < 1.29 is 0 Å². The van der Waals surface area contributed by atoms with E-state index < -0.39 is 0 Å². The van der Waals surface area contributed by atoms with Crippen molar-refractivity contribution >= 4 is 22.7 Å². The molecule has 1 N–H and O–H groups in total. The van der Waals surface area contributed by atoms with Crippen LogP contribution in [0.1, 0.15) is 55.7 Å². The number of rotatable bonds is 4. The second-order valence-electron chi connectivity index (χ2n) is 6.67. The summed E-state index contributed by atoms with van der Waals surface area (Å²) in [6.07, 6.45) is 2.63. The molecule has 0 radical (unpaired) electrons.